The Morgan fingerprint density at radius 2 is 1.03 bits per heavy atom. The Kier molecular flexibility index (Phi) is 32.5. The van der Waals surface area contributed by atoms with E-state index < -0.39 is 15.2 Å². The van der Waals surface area contributed by atoms with E-state index in [0.717, 1.165) is 25.7 Å². The fourth-order valence-electron chi connectivity index (χ4n) is 2.17. The Balaban J connectivity index is -0.000000201. The molecular formula is C20H42Cl4Li2N4Si2. The van der Waals surface area contributed by atoms with Gasteiger partial charge in [-0.25, -0.2) is 12.4 Å². The number of hydrogen-bond acceptors (Lipinski definition) is 2. The van der Waals surface area contributed by atoms with Crippen molar-refractivity contribution in [1.29, 1.82) is 0 Å². The molecule has 0 aliphatic carbocycles. The van der Waals surface area contributed by atoms with Gasteiger partial charge in [0.1, 0.15) is 0 Å². The van der Waals surface area contributed by atoms with E-state index in [4.69, 9.17) is 44.3 Å². The van der Waals surface area contributed by atoms with Gasteiger partial charge in [0.15, 0.2) is 0 Å². The molecule has 0 bridgehead atoms. The maximum absolute atomic E-state index is 6.52. The zero-order valence-corrected chi connectivity index (χ0v) is 27.2. The second kappa shape index (κ2) is 25.6. The van der Waals surface area contributed by atoms with E-state index in [1.165, 1.54) is 0 Å². The Morgan fingerprint density at radius 3 is 1.25 bits per heavy atom. The van der Waals surface area contributed by atoms with Crippen LogP contribution in [0.15, 0.2) is 24.8 Å². The van der Waals surface area contributed by atoms with E-state index in [1.807, 2.05) is 0 Å². The molecule has 0 aromatic rings. The van der Waals surface area contributed by atoms with Crippen molar-refractivity contribution in [2.45, 2.75) is 105 Å². The van der Waals surface area contributed by atoms with Crippen LogP contribution in [0.1, 0.15) is 81.1 Å². The molecule has 4 atom stereocenters. The number of nitrogens with zero attached hydrogens (tertiary/aromatic N) is 4. The van der Waals surface area contributed by atoms with Gasteiger partial charge in [-0.05, 0) is 26.7 Å². The van der Waals surface area contributed by atoms with Gasteiger partial charge in [0.25, 0.3) is 0 Å². The first-order valence-electron chi connectivity index (χ1n) is 10.9. The molecule has 1 aliphatic heterocycles. The second-order valence-corrected chi connectivity index (χ2v) is 16.8. The summed E-state index contributed by atoms with van der Waals surface area (Å²) in [6.45, 7) is 15.7. The minimum absolute atomic E-state index is 0. The fraction of sp³-hybridized carbons (Fsp3) is 0.800. The summed E-state index contributed by atoms with van der Waals surface area (Å²) >= 11 is 21.4. The topological polar surface area (TPSA) is 34.7 Å². The summed E-state index contributed by atoms with van der Waals surface area (Å²) in [5, 5.41) is 8.55. The Bertz CT molecular complexity index is 433. The first-order valence-corrected chi connectivity index (χ1v) is 18.9. The van der Waals surface area contributed by atoms with Crippen LogP contribution in [0.25, 0.3) is 10.6 Å². The predicted molar refractivity (Wildman–Crippen MR) is 145 cm³/mol. The van der Waals surface area contributed by atoms with Crippen molar-refractivity contribution < 1.29 is 37.7 Å². The molecule has 0 aromatic carbocycles. The third-order valence-electron chi connectivity index (χ3n) is 5.03. The van der Waals surface area contributed by atoms with Crippen LogP contribution in [0.2, 0.25) is 0 Å². The largest absolute Gasteiger partial charge is 1.00 e. The van der Waals surface area contributed by atoms with Crippen LogP contribution in [-0.2, 0) is 0 Å². The van der Waals surface area contributed by atoms with Gasteiger partial charge in [0, 0.05) is 24.5 Å². The molecule has 1 heterocycles. The van der Waals surface area contributed by atoms with Crippen LogP contribution in [0, 0.1) is 0 Å². The second-order valence-electron chi connectivity index (χ2n) is 7.38. The molecule has 0 saturated heterocycles. The molecule has 0 spiro atoms. The van der Waals surface area contributed by atoms with Crippen LogP contribution in [0.3, 0.4) is 0 Å². The predicted octanol–water partition coefficient (Wildman–Crippen LogP) is 1.86. The fourth-order valence-corrected chi connectivity index (χ4v) is 5.72. The molecule has 1 aliphatic rings. The van der Waals surface area contributed by atoms with Crippen molar-refractivity contribution in [2.75, 3.05) is 0 Å². The molecule has 32 heavy (non-hydrogen) atoms. The van der Waals surface area contributed by atoms with Gasteiger partial charge in [-0.1, -0.05) is 54.4 Å². The molecule has 1 rings (SSSR count). The summed E-state index contributed by atoms with van der Waals surface area (Å²) in [5.41, 5.74) is 0. The first kappa shape index (κ1) is 40.6. The van der Waals surface area contributed by atoms with Gasteiger partial charge in [0.2, 0.25) is 0 Å². The molecule has 4 nitrogen and oxygen atoms in total. The SMILES string of the molecule is CCC(C)N1C=CN(C(C)CC)[SiH]1Cl.CCC(C)[N-]/C=C\[N-]C(C)CC.Cl[SiH](Cl)Cl.[Li+].[Li+]. The van der Waals surface area contributed by atoms with Gasteiger partial charge >= 0.3 is 52.9 Å². The van der Waals surface area contributed by atoms with Crippen molar-refractivity contribution in [3.63, 3.8) is 0 Å². The van der Waals surface area contributed by atoms with Gasteiger partial charge < -0.3 is 19.8 Å². The van der Waals surface area contributed by atoms with Gasteiger partial charge in [-0.15, -0.1) is 56.4 Å². The summed E-state index contributed by atoms with van der Waals surface area (Å²) in [6, 6.07) is 2.01. The van der Waals surface area contributed by atoms with E-state index in [9.17, 15) is 0 Å². The van der Waals surface area contributed by atoms with Crippen molar-refractivity contribution in [3.05, 3.63) is 35.4 Å². The quantitative estimate of drug-likeness (QED) is 0.308. The van der Waals surface area contributed by atoms with Crippen LogP contribution in [-0.4, -0.2) is 48.5 Å². The molecule has 0 fully saturated rings. The molecule has 180 valence electrons. The zero-order chi connectivity index (χ0) is 23.7. The van der Waals surface area contributed by atoms with Gasteiger partial charge in [-0.2, -0.15) is 0 Å². The smallest absolute Gasteiger partial charge is 0.690 e. The molecule has 0 N–H and O–H groups in total. The van der Waals surface area contributed by atoms with Crippen LogP contribution in [0.4, 0.5) is 0 Å². The normalized spacial score (nSPS) is 18.3. The number of halogens is 4. The molecule has 0 radical (unpaired) electrons. The summed E-state index contributed by atoms with van der Waals surface area (Å²) in [5.74, 6) is 0. The van der Waals surface area contributed by atoms with E-state index in [-0.39, 0.29) is 37.7 Å². The van der Waals surface area contributed by atoms with Crippen molar-refractivity contribution in [3.8, 4) is 0 Å². The monoisotopic (exact) mass is 548 g/mol. The van der Waals surface area contributed by atoms with E-state index in [0.29, 0.717) is 24.2 Å². The first-order chi connectivity index (χ1) is 14.0. The Labute approximate surface area is 245 Å². The average molecular weight is 550 g/mol. The third kappa shape index (κ3) is 20.8. The minimum Gasteiger partial charge on any atom is -0.690 e. The third-order valence-corrected chi connectivity index (χ3v) is 8.73. The summed E-state index contributed by atoms with van der Waals surface area (Å²) in [6.07, 6.45) is 12.5. The van der Waals surface area contributed by atoms with Gasteiger partial charge in [0.05, 0.1) is 0 Å². The summed E-state index contributed by atoms with van der Waals surface area (Å²) in [7, 11) is -1.40. The molecular weight excluding hydrogens is 508 g/mol. The maximum Gasteiger partial charge on any atom is 1.00 e. The molecule has 0 saturated carbocycles. The molecule has 12 heteroatoms. The summed E-state index contributed by atoms with van der Waals surface area (Å²) < 4.78 is 4.71. The van der Waals surface area contributed by atoms with Crippen LogP contribution < -0.4 is 37.7 Å². The zero-order valence-electron chi connectivity index (χ0n) is 21.9. The molecule has 4 unspecified atom stereocenters. The standard InChI is InChI=1S/C10H21ClN2Si.C10H20N2.Cl3HSi.2Li/c1-5-9(3)12-7-8-13(14(12)11)10(4)6-2;1-5-9(3)11-7-8-12-10(4)6-2;1-4(2)3;;/h7-10,14H,5-6H2,1-4H3;7-10H,5-6H2,1-4H3;4H;;/q;-2;;2*+1/b;8-7-;;;. The maximum atomic E-state index is 6.52. The average Bonchev–Trinajstić information content (AvgIpc) is 3.10. The van der Waals surface area contributed by atoms with Crippen molar-refractivity contribution >= 4 is 59.5 Å². The number of hydrogen-bond donors (Lipinski definition) is 0. The number of rotatable bonds is 10. The molecule has 0 aromatic heterocycles. The van der Waals surface area contributed by atoms with Crippen molar-refractivity contribution in [1.82, 2.24) is 9.13 Å². The van der Waals surface area contributed by atoms with E-state index >= 15 is 0 Å². The van der Waals surface area contributed by atoms with Crippen molar-refractivity contribution in [2.24, 2.45) is 0 Å². The van der Waals surface area contributed by atoms with Gasteiger partial charge in [-0.3, -0.25) is 0 Å². The van der Waals surface area contributed by atoms with E-state index in [1.54, 1.807) is 12.4 Å². The summed E-state index contributed by atoms with van der Waals surface area (Å²) in [4.78, 5) is 0. The Morgan fingerprint density at radius 1 is 0.750 bits per heavy atom. The van der Waals surface area contributed by atoms with Crippen LogP contribution >= 0.6 is 44.3 Å². The Hall–Kier alpha value is 1.47. The van der Waals surface area contributed by atoms with Crippen LogP contribution in [0.5, 0.6) is 0 Å². The minimum atomic E-state index is -1.72. The van der Waals surface area contributed by atoms with E-state index in [2.05, 4.69) is 87.6 Å². The molecule has 0 amide bonds.